The molecule has 0 radical (unpaired) electrons. The van der Waals surface area contributed by atoms with E-state index >= 15 is 0 Å². The van der Waals surface area contributed by atoms with Crippen LogP contribution in [0.4, 0.5) is 0 Å². The van der Waals surface area contributed by atoms with Crippen LogP contribution in [-0.2, 0) is 4.79 Å². The highest BCUT2D eigenvalue weighted by atomic mass is 16.1. The molecule has 0 aromatic rings. The third-order valence-corrected chi connectivity index (χ3v) is 3.55. The topological polar surface area (TPSA) is 17.1 Å². The summed E-state index contributed by atoms with van der Waals surface area (Å²) in [4.78, 5) is 12.1. The lowest BCUT2D eigenvalue weighted by molar-refractivity contribution is -0.116. The van der Waals surface area contributed by atoms with Crippen LogP contribution < -0.4 is 0 Å². The summed E-state index contributed by atoms with van der Waals surface area (Å²) >= 11 is 0. The van der Waals surface area contributed by atoms with Crippen molar-refractivity contribution in [2.45, 2.75) is 46.9 Å². The molecule has 0 N–H and O–H groups in total. The van der Waals surface area contributed by atoms with Gasteiger partial charge in [-0.25, -0.2) is 0 Å². The molecule has 94 valence electrons. The summed E-state index contributed by atoms with van der Waals surface area (Å²) in [6.45, 7) is 7.89. The summed E-state index contributed by atoms with van der Waals surface area (Å²) < 4.78 is 7.70. The summed E-state index contributed by atoms with van der Waals surface area (Å²) in [6, 6.07) is 0. The second-order valence-electron chi connectivity index (χ2n) is 4.97. The van der Waals surface area contributed by atoms with Crippen molar-refractivity contribution < 1.29 is 6.17 Å². The maximum absolute atomic E-state index is 12.1. The van der Waals surface area contributed by atoms with Crippen LogP contribution in [0, 0.1) is 11.8 Å². The molecule has 0 bridgehead atoms. The predicted molar refractivity (Wildman–Crippen MR) is 73.8 cm³/mol. The van der Waals surface area contributed by atoms with Crippen molar-refractivity contribution in [3.05, 3.63) is 35.5 Å². The van der Waals surface area contributed by atoms with Crippen LogP contribution in [0.3, 0.4) is 0 Å². The van der Waals surface area contributed by atoms with Gasteiger partial charge in [0, 0.05) is 7.79 Å². The molecule has 0 aromatic carbocycles. The average molecular weight is 234 g/mol. The first-order chi connectivity index (χ1) is 8.41. The smallest absolute Gasteiger partial charge is 0.158 e. The minimum absolute atomic E-state index is 0.113. The second-order valence-corrected chi connectivity index (χ2v) is 4.97. The van der Waals surface area contributed by atoms with E-state index in [2.05, 4.69) is 32.1 Å². The molecule has 3 atom stereocenters. The van der Waals surface area contributed by atoms with Crippen molar-refractivity contribution in [3.8, 4) is 0 Å². The molecule has 0 amide bonds. The lowest BCUT2D eigenvalue weighted by atomic mass is 9.88. The average Bonchev–Trinajstić information content (AvgIpc) is 2.80. The Kier molecular flexibility index (Phi) is 4.78. The third kappa shape index (κ3) is 4.33. The van der Waals surface area contributed by atoms with Gasteiger partial charge in [0.1, 0.15) is 0 Å². The van der Waals surface area contributed by atoms with Gasteiger partial charge < -0.3 is 0 Å². The van der Waals surface area contributed by atoms with Crippen LogP contribution in [-0.4, -0.2) is 5.78 Å². The molecule has 17 heavy (non-hydrogen) atoms. The Morgan fingerprint density at radius 3 is 2.76 bits per heavy atom. The fourth-order valence-corrected chi connectivity index (χ4v) is 1.88. The number of carbonyl (C=O) groups excluding carboxylic acids is 1. The van der Waals surface area contributed by atoms with Gasteiger partial charge in [-0.15, -0.1) is 0 Å². The Hall–Kier alpha value is -1.11. The van der Waals surface area contributed by atoms with Crippen LogP contribution in [0.1, 0.15) is 48.3 Å². The molecule has 1 rings (SSSR count). The van der Waals surface area contributed by atoms with Gasteiger partial charge in [0.05, 0.1) is 0 Å². The Labute approximate surface area is 107 Å². The van der Waals surface area contributed by atoms with E-state index in [9.17, 15) is 4.79 Å². The Morgan fingerprint density at radius 2 is 2.24 bits per heavy atom. The molecule has 0 aliphatic heterocycles. The van der Waals surface area contributed by atoms with E-state index < -0.39 is 0 Å². The van der Waals surface area contributed by atoms with Crippen molar-refractivity contribution in [1.29, 1.82) is 0 Å². The van der Waals surface area contributed by atoms with Crippen LogP contribution in [0.15, 0.2) is 35.5 Å². The zero-order chi connectivity index (χ0) is 13.7. The zero-order valence-corrected chi connectivity index (χ0v) is 11.4. The number of hydrogen-bond acceptors (Lipinski definition) is 1. The molecule has 1 aliphatic rings. The lowest BCUT2D eigenvalue weighted by Crippen LogP contribution is -2.13. The first-order valence-corrected chi connectivity index (χ1v) is 6.42. The molecule has 0 saturated carbocycles. The fourth-order valence-electron chi connectivity index (χ4n) is 1.88. The minimum Gasteiger partial charge on any atom is -0.295 e. The summed E-state index contributed by atoms with van der Waals surface area (Å²) in [5.41, 5.74) is 1.96. The standard InChI is InChI=1S/C16H24O/c1-5-12(2)13(3)11-16(17)14(4)10-15-8-6-7-9-15/h6,8-10,12-13H,5,7,11H2,1-4H3/b14-10+/i5T. The van der Waals surface area contributed by atoms with Gasteiger partial charge in [-0.05, 0) is 42.4 Å². The highest BCUT2D eigenvalue weighted by Crippen LogP contribution is 2.21. The van der Waals surface area contributed by atoms with E-state index in [0.717, 1.165) is 17.6 Å². The van der Waals surface area contributed by atoms with Crippen LogP contribution in [0.25, 0.3) is 0 Å². The Balaban J connectivity index is 2.57. The van der Waals surface area contributed by atoms with Crippen molar-refractivity contribution in [2.75, 3.05) is 0 Å². The van der Waals surface area contributed by atoms with Crippen LogP contribution in [0.5, 0.6) is 0 Å². The summed E-state index contributed by atoms with van der Waals surface area (Å²) in [5.74, 6) is 0.727. The lowest BCUT2D eigenvalue weighted by Gasteiger charge is -2.17. The summed E-state index contributed by atoms with van der Waals surface area (Å²) in [7, 11) is 0. The molecule has 3 unspecified atom stereocenters. The van der Waals surface area contributed by atoms with E-state index in [1.54, 1.807) is 0 Å². The molecule has 1 nitrogen and oxygen atoms in total. The highest BCUT2D eigenvalue weighted by molar-refractivity contribution is 5.95. The van der Waals surface area contributed by atoms with Gasteiger partial charge >= 0.3 is 0 Å². The normalized spacial score (nSPS) is 21.8. The van der Waals surface area contributed by atoms with Crippen LogP contribution >= 0.6 is 0 Å². The van der Waals surface area contributed by atoms with E-state index in [4.69, 9.17) is 1.37 Å². The first-order valence-electron chi connectivity index (χ1n) is 7.00. The monoisotopic (exact) mass is 234 g/mol. The molecule has 0 spiro atoms. The number of hydrogen-bond donors (Lipinski definition) is 0. The number of rotatable bonds is 6. The van der Waals surface area contributed by atoms with Gasteiger partial charge in [-0.1, -0.05) is 45.4 Å². The maximum atomic E-state index is 12.1. The molecule has 1 aliphatic carbocycles. The molecule has 0 saturated heterocycles. The Bertz CT molecular complexity index is 388. The minimum atomic E-state index is -0.113. The van der Waals surface area contributed by atoms with Crippen molar-refractivity contribution >= 4 is 5.78 Å². The van der Waals surface area contributed by atoms with Gasteiger partial charge in [-0.2, -0.15) is 0 Å². The second kappa shape index (κ2) is 6.58. The molecule has 0 fully saturated rings. The van der Waals surface area contributed by atoms with E-state index in [1.807, 2.05) is 19.9 Å². The zero-order valence-electron chi connectivity index (χ0n) is 12.4. The molecular formula is C16H24O. The van der Waals surface area contributed by atoms with Crippen LogP contribution in [0.2, 0.25) is 0 Å². The molecule has 0 heterocycles. The maximum Gasteiger partial charge on any atom is 0.158 e. The van der Waals surface area contributed by atoms with Gasteiger partial charge in [0.2, 0.25) is 0 Å². The predicted octanol–water partition coefficient (Wildman–Crippen LogP) is 4.46. The largest absolute Gasteiger partial charge is 0.295 e. The first kappa shape index (κ1) is 12.3. The number of carbonyl (C=O) groups is 1. The SMILES string of the molecule is [3H]C(C)C(C)C(C)CC(=O)/C(C)=C/C1=CCC=C1. The fraction of sp³-hybridized carbons (Fsp3) is 0.562. The van der Waals surface area contributed by atoms with Gasteiger partial charge in [0.25, 0.3) is 0 Å². The van der Waals surface area contributed by atoms with Gasteiger partial charge in [-0.3, -0.25) is 4.79 Å². The molecule has 1 heteroatoms. The summed E-state index contributed by atoms with van der Waals surface area (Å²) in [6.07, 6.45) is 9.63. The molecular weight excluding hydrogens is 208 g/mol. The highest BCUT2D eigenvalue weighted by Gasteiger charge is 2.15. The number of allylic oxidation sites excluding steroid dienone is 6. The third-order valence-electron chi connectivity index (χ3n) is 3.55. The quantitative estimate of drug-likeness (QED) is 0.620. The van der Waals surface area contributed by atoms with E-state index in [0.29, 0.717) is 6.42 Å². The molecule has 0 aromatic heterocycles. The Morgan fingerprint density at radius 1 is 1.53 bits per heavy atom. The van der Waals surface area contributed by atoms with Gasteiger partial charge in [0.15, 0.2) is 5.78 Å². The van der Waals surface area contributed by atoms with Crippen molar-refractivity contribution in [3.63, 3.8) is 0 Å². The van der Waals surface area contributed by atoms with Crippen molar-refractivity contribution in [2.24, 2.45) is 11.8 Å². The number of Topliss-reactive ketones (excluding diaryl/α,β-unsaturated/α-hetero) is 1. The van der Waals surface area contributed by atoms with E-state index in [-0.39, 0.29) is 24.0 Å². The van der Waals surface area contributed by atoms with E-state index in [1.165, 1.54) is 0 Å². The van der Waals surface area contributed by atoms with Crippen molar-refractivity contribution in [1.82, 2.24) is 0 Å². The summed E-state index contributed by atoms with van der Waals surface area (Å²) in [5, 5.41) is 0. The number of ketones is 1.